The Labute approximate surface area is 271 Å². The van der Waals surface area contributed by atoms with Gasteiger partial charge in [0, 0.05) is 22.6 Å². The van der Waals surface area contributed by atoms with E-state index in [0.29, 0.717) is 22.0 Å². The van der Waals surface area contributed by atoms with Gasteiger partial charge in [-0.1, -0.05) is 87.0 Å². The number of amides is 2. The predicted molar refractivity (Wildman–Crippen MR) is 186 cm³/mol. The topological polar surface area (TPSA) is 105 Å². The smallest absolute Gasteiger partial charge is 0.317 e. The van der Waals surface area contributed by atoms with E-state index in [-0.39, 0.29) is 11.3 Å². The van der Waals surface area contributed by atoms with Gasteiger partial charge in [0.1, 0.15) is 5.82 Å². The van der Waals surface area contributed by atoms with Crippen molar-refractivity contribution in [3.05, 3.63) is 114 Å². The number of anilines is 2. The lowest BCUT2D eigenvalue weighted by atomic mass is 9.90. The molecule has 0 radical (unpaired) electrons. The second kappa shape index (κ2) is 12.7. The number of piperidine rings is 1. The monoisotopic (exact) mass is 635 g/mol. The third-order valence-corrected chi connectivity index (χ3v) is 11.0. The second-order valence-electron chi connectivity index (χ2n) is 13.1. The van der Waals surface area contributed by atoms with Crippen LogP contribution in [0.1, 0.15) is 55.7 Å². The highest BCUT2D eigenvalue weighted by molar-refractivity contribution is 7.92. The van der Waals surface area contributed by atoms with Crippen LogP contribution in [0.15, 0.2) is 102 Å². The maximum Gasteiger partial charge on any atom is 0.324 e. The molecule has 1 aliphatic rings. The summed E-state index contributed by atoms with van der Waals surface area (Å²) in [7, 11) is -3.79. The average Bonchev–Trinajstić information content (AvgIpc) is 3.46. The number of hydrogen-bond donors (Lipinski definition) is 3. The van der Waals surface area contributed by atoms with E-state index < -0.39 is 21.1 Å². The summed E-state index contributed by atoms with van der Waals surface area (Å²) in [6.07, 6.45) is 1.48. The summed E-state index contributed by atoms with van der Waals surface area (Å²) in [6.45, 7) is 9.78. The Kier molecular flexibility index (Phi) is 8.72. The molecule has 6 rings (SSSR count). The zero-order valence-electron chi connectivity index (χ0n) is 26.7. The summed E-state index contributed by atoms with van der Waals surface area (Å²) >= 11 is 0. The van der Waals surface area contributed by atoms with Gasteiger partial charge in [0.25, 0.3) is 0 Å². The van der Waals surface area contributed by atoms with Crippen LogP contribution in [-0.2, 0) is 15.3 Å². The lowest BCUT2D eigenvalue weighted by molar-refractivity contribution is 0.262. The molecule has 1 saturated heterocycles. The van der Waals surface area contributed by atoms with Gasteiger partial charge in [0.05, 0.1) is 21.5 Å². The van der Waals surface area contributed by atoms with Crippen LogP contribution in [0, 0.1) is 12.8 Å². The van der Waals surface area contributed by atoms with Crippen molar-refractivity contribution in [2.75, 3.05) is 23.7 Å². The first-order valence-electron chi connectivity index (χ1n) is 15.8. The molecular weight excluding hydrogens is 595 g/mol. The summed E-state index contributed by atoms with van der Waals surface area (Å²) in [6, 6.07) is 29.7. The quantitative estimate of drug-likeness (QED) is 0.169. The number of aryl methyl sites for hydroxylation is 1. The molecule has 3 N–H and O–H groups in total. The van der Waals surface area contributed by atoms with E-state index in [9.17, 15) is 13.2 Å². The van der Waals surface area contributed by atoms with Gasteiger partial charge in [0.15, 0.2) is 9.84 Å². The number of carbonyl (C=O) groups is 1. The third kappa shape index (κ3) is 6.57. The molecule has 2 amide bonds. The van der Waals surface area contributed by atoms with Crippen molar-refractivity contribution in [2.24, 2.45) is 5.92 Å². The molecule has 1 aliphatic heterocycles. The SMILES string of the molecule is Cc1ccc(-n2nc(C(C)(C)C)cc2NC(=O)Nc2cccc(C(C3CCNCC3)S(=O)(=O)c3cccc4ccccc34)c2)cc1. The molecule has 238 valence electrons. The van der Waals surface area contributed by atoms with Crippen molar-refractivity contribution in [2.45, 2.75) is 56.1 Å². The highest BCUT2D eigenvalue weighted by Crippen LogP contribution is 2.42. The van der Waals surface area contributed by atoms with Crippen LogP contribution in [0.3, 0.4) is 0 Å². The molecule has 2 heterocycles. The number of benzene rings is 4. The standard InChI is InChI=1S/C37H41N5O3S/c1-25-15-17-30(18-16-25)42-34(24-33(41-42)37(2,3)4)40-36(43)39-29-12-7-11-28(23-29)35(27-19-21-38-22-20-27)46(44,45)32-14-8-10-26-9-5-6-13-31(26)32/h5-18,23-24,27,35,38H,19-22H2,1-4H3,(H2,39,40,43). The molecule has 0 spiro atoms. The average molecular weight is 636 g/mol. The van der Waals surface area contributed by atoms with Gasteiger partial charge in [-0.15, -0.1) is 0 Å². The number of fused-ring (bicyclic) bond motifs is 1. The minimum atomic E-state index is -3.79. The van der Waals surface area contributed by atoms with Crippen molar-refractivity contribution in [3.63, 3.8) is 0 Å². The van der Waals surface area contributed by atoms with E-state index in [1.54, 1.807) is 22.9 Å². The molecule has 0 aliphatic carbocycles. The van der Waals surface area contributed by atoms with E-state index in [1.165, 1.54) is 0 Å². The minimum Gasteiger partial charge on any atom is -0.317 e. The molecule has 1 unspecified atom stereocenters. The zero-order chi connectivity index (χ0) is 32.5. The Morgan fingerprint density at radius 1 is 0.891 bits per heavy atom. The molecule has 5 aromatic rings. The molecule has 9 heteroatoms. The van der Waals surface area contributed by atoms with Gasteiger partial charge in [-0.3, -0.25) is 5.32 Å². The lowest BCUT2D eigenvalue weighted by Gasteiger charge is -2.31. The van der Waals surface area contributed by atoms with E-state index >= 15 is 0 Å². The molecule has 8 nitrogen and oxygen atoms in total. The molecule has 1 atom stereocenters. The normalized spacial score (nSPS) is 15.0. The van der Waals surface area contributed by atoms with E-state index in [1.807, 2.05) is 85.8 Å². The number of urea groups is 1. The van der Waals surface area contributed by atoms with Crippen molar-refractivity contribution in [1.29, 1.82) is 0 Å². The molecule has 1 fully saturated rings. The van der Waals surface area contributed by atoms with E-state index in [2.05, 4.69) is 36.7 Å². The van der Waals surface area contributed by atoms with Crippen molar-refractivity contribution >= 4 is 38.1 Å². The minimum absolute atomic E-state index is 0.0750. The summed E-state index contributed by atoms with van der Waals surface area (Å²) in [5, 5.41) is 14.9. The first-order valence-corrected chi connectivity index (χ1v) is 17.3. The fraction of sp³-hybridized carbons (Fsp3) is 0.297. The lowest BCUT2D eigenvalue weighted by Crippen LogP contribution is -2.33. The number of nitrogens with one attached hydrogen (secondary N) is 3. The molecule has 46 heavy (non-hydrogen) atoms. The summed E-state index contributed by atoms with van der Waals surface area (Å²) < 4.78 is 30.9. The number of carbonyl (C=O) groups excluding carboxylic acids is 1. The summed E-state index contributed by atoms with van der Waals surface area (Å²) in [4.78, 5) is 13.8. The van der Waals surface area contributed by atoms with Gasteiger partial charge < -0.3 is 10.6 Å². The Morgan fingerprint density at radius 3 is 2.33 bits per heavy atom. The van der Waals surface area contributed by atoms with Crippen molar-refractivity contribution in [1.82, 2.24) is 15.1 Å². The predicted octanol–water partition coefficient (Wildman–Crippen LogP) is 7.79. The van der Waals surface area contributed by atoms with Crippen LogP contribution in [0.5, 0.6) is 0 Å². The number of hydrogen-bond acceptors (Lipinski definition) is 5. The molecule has 1 aromatic heterocycles. The highest BCUT2D eigenvalue weighted by atomic mass is 32.2. The van der Waals surface area contributed by atoms with Crippen LogP contribution in [0.2, 0.25) is 0 Å². The van der Waals surface area contributed by atoms with Crippen LogP contribution in [0.4, 0.5) is 16.3 Å². The second-order valence-corrected chi connectivity index (χ2v) is 15.2. The largest absolute Gasteiger partial charge is 0.324 e. The maximum atomic E-state index is 14.6. The molecular formula is C37H41N5O3S. The van der Waals surface area contributed by atoms with Crippen LogP contribution < -0.4 is 16.0 Å². The molecule has 0 bridgehead atoms. The van der Waals surface area contributed by atoms with Gasteiger partial charge in [0.2, 0.25) is 0 Å². The number of sulfone groups is 1. The van der Waals surface area contributed by atoms with Crippen molar-refractivity contribution < 1.29 is 13.2 Å². The Hall–Kier alpha value is -4.47. The van der Waals surface area contributed by atoms with Gasteiger partial charge >= 0.3 is 6.03 Å². The molecule has 0 saturated carbocycles. The fourth-order valence-corrected chi connectivity index (χ4v) is 8.54. The Morgan fingerprint density at radius 2 is 1.59 bits per heavy atom. The number of aromatic nitrogens is 2. The number of nitrogens with zero attached hydrogens (tertiary/aromatic N) is 2. The fourth-order valence-electron chi connectivity index (χ4n) is 6.22. The Balaban J connectivity index is 1.32. The van der Waals surface area contributed by atoms with E-state index in [0.717, 1.165) is 53.6 Å². The highest BCUT2D eigenvalue weighted by Gasteiger charge is 2.37. The van der Waals surface area contributed by atoms with Gasteiger partial charge in [-0.05, 0) is 80.1 Å². The van der Waals surface area contributed by atoms with Gasteiger partial charge in [-0.25, -0.2) is 17.9 Å². The summed E-state index contributed by atoms with van der Waals surface area (Å²) in [5.41, 5.74) is 3.76. The maximum absolute atomic E-state index is 14.6. The van der Waals surface area contributed by atoms with Crippen LogP contribution >= 0.6 is 0 Å². The summed E-state index contributed by atoms with van der Waals surface area (Å²) in [5.74, 6) is 0.461. The van der Waals surface area contributed by atoms with Crippen LogP contribution in [0.25, 0.3) is 16.5 Å². The third-order valence-electron chi connectivity index (χ3n) is 8.67. The zero-order valence-corrected chi connectivity index (χ0v) is 27.6. The first kappa shape index (κ1) is 31.5. The van der Waals surface area contributed by atoms with Crippen molar-refractivity contribution in [3.8, 4) is 5.69 Å². The molecule has 4 aromatic carbocycles. The Bertz CT molecular complexity index is 1970. The number of rotatable bonds is 7. The van der Waals surface area contributed by atoms with Gasteiger partial charge in [-0.2, -0.15) is 5.10 Å². The van der Waals surface area contributed by atoms with E-state index in [4.69, 9.17) is 5.10 Å². The first-order chi connectivity index (χ1) is 22.0. The van der Waals surface area contributed by atoms with Crippen LogP contribution in [-0.4, -0.2) is 37.3 Å².